The Morgan fingerprint density at radius 1 is 1.30 bits per heavy atom. The zero-order valence-electron chi connectivity index (χ0n) is 10.9. The maximum absolute atomic E-state index is 11.6. The number of esters is 2. The van der Waals surface area contributed by atoms with E-state index in [4.69, 9.17) is 5.26 Å². The van der Waals surface area contributed by atoms with Crippen molar-refractivity contribution in [3.05, 3.63) is 29.3 Å². The number of carbonyl (C=O) groups is 2. The van der Waals surface area contributed by atoms with Gasteiger partial charge >= 0.3 is 11.9 Å². The minimum absolute atomic E-state index is 0.103. The highest BCUT2D eigenvalue weighted by atomic mass is 16.5. The molecule has 0 bridgehead atoms. The van der Waals surface area contributed by atoms with Gasteiger partial charge in [-0.25, -0.2) is 9.59 Å². The molecule has 0 aliphatic carbocycles. The first kappa shape index (κ1) is 15.1. The van der Waals surface area contributed by atoms with Crippen molar-refractivity contribution in [2.24, 2.45) is 10.3 Å². The highest BCUT2D eigenvalue weighted by molar-refractivity contribution is 5.99. The lowest BCUT2D eigenvalue weighted by atomic mass is 10.1. The average molecular weight is 276 g/mol. The van der Waals surface area contributed by atoms with E-state index in [1.165, 1.54) is 32.4 Å². The molecular weight excluding hydrogens is 264 g/mol. The van der Waals surface area contributed by atoms with Crippen molar-refractivity contribution in [3.8, 4) is 6.07 Å². The third kappa shape index (κ3) is 3.78. The first-order valence-electron chi connectivity index (χ1n) is 5.44. The van der Waals surface area contributed by atoms with Crippen LogP contribution in [0.2, 0.25) is 0 Å². The molecular formula is C12H12N4O4. The molecule has 1 aromatic rings. The number of anilines is 1. The largest absolute Gasteiger partial charge is 0.465 e. The van der Waals surface area contributed by atoms with Gasteiger partial charge in [-0.1, -0.05) is 5.22 Å². The first-order chi connectivity index (χ1) is 9.63. The molecule has 0 aliphatic heterocycles. The summed E-state index contributed by atoms with van der Waals surface area (Å²) in [5.74, 6) is -1.22. The average Bonchev–Trinajstić information content (AvgIpc) is 2.50. The summed E-state index contributed by atoms with van der Waals surface area (Å²) in [5, 5.41) is 15.3. The molecule has 0 atom stereocenters. The number of nitrogens with one attached hydrogen (secondary N) is 1. The third-order valence-corrected chi connectivity index (χ3v) is 2.23. The van der Waals surface area contributed by atoms with E-state index in [1.54, 1.807) is 6.07 Å². The van der Waals surface area contributed by atoms with Crippen LogP contribution in [0, 0.1) is 11.3 Å². The van der Waals surface area contributed by atoms with Crippen LogP contribution in [0.15, 0.2) is 28.5 Å². The number of carbonyl (C=O) groups excluding carboxylic acids is 2. The normalized spacial score (nSPS) is 9.85. The molecule has 0 spiro atoms. The van der Waals surface area contributed by atoms with Gasteiger partial charge < -0.3 is 9.47 Å². The van der Waals surface area contributed by atoms with Gasteiger partial charge in [0.2, 0.25) is 0 Å². The number of rotatable bonds is 5. The zero-order valence-corrected chi connectivity index (χ0v) is 10.9. The maximum atomic E-state index is 11.6. The predicted molar refractivity (Wildman–Crippen MR) is 68.1 cm³/mol. The number of hydrogen-bond acceptors (Lipinski definition) is 7. The van der Waals surface area contributed by atoms with Crippen LogP contribution < -0.4 is 5.43 Å². The minimum atomic E-state index is -0.645. The molecule has 1 N–H and O–H groups in total. The summed E-state index contributed by atoms with van der Waals surface area (Å²) >= 11 is 0. The Morgan fingerprint density at radius 3 is 2.60 bits per heavy atom. The lowest BCUT2D eigenvalue weighted by molar-refractivity contribution is 0.0600. The number of hydrogen-bond donors (Lipinski definition) is 1. The van der Waals surface area contributed by atoms with E-state index in [9.17, 15) is 9.59 Å². The molecule has 0 unspecified atom stereocenters. The number of nitriles is 1. The topological polar surface area (TPSA) is 113 Å². The monoisotopic (exact) mass is 276 g/mol. The molecule has 0 saturated carbocycles. The van der Waals surface area contributed by atoms with E-state index in [2.05, 4.69) is 25.2 Å². The van der Waals surface area contributed by atoms with Crippen LogP contribution >= 0.6 is 0 Å². The molecule has 0 aromatic heterocycles. The van der Waals surface area contributed by atoms with Crippen LogP contribution in [-0.4, -0.2) is 32.7 Å². The lowest BCUT2D eigenvalue weighted by Crippen LogP contribution is -2.09. The van der Waals surface area contributed by atoms with Crippen molar-refractivity contribution < 1.29 is 19.1 Å². The summed E-state index contributed by atoms with van der Waals surface area (Å²) < 4.78 is 9.19. The molecule has 1 rings (SSSR count). The quantitative estimate of drug-likeness (QED) is 0.378. The Morgan fingerprint density at radius 2 is 2.00 bits per heavy atom. The maximum Gasteiger partial charge on any atom is 0.340 e. The van der Waals surface area contributed by atoms with Gasteiger partial charge in [-0.05, 0) is 18.2 Å². The number of nitrogens with zero attached hydrogens (tertiary/aromatic N) is 3. The lowest BCUT2D eigenvalue weighted by Gasteiger charge is -2.08. The Hall–Kier alpha value is -2.95. The van der Waals surface area contributed by atoms with Crippen LogP contribution in [0.1, 0.15) is 20.7 Å². The standard InChI is InChI=1S/C12H12N4O4/c1-19-11(17)8-3-4-10(15-16-14-6-5-13)9(7-8)12(18)20-2/h3-4,7H,6H2,1-2H3,(H,14,15). The van der Waals surface area contributed by atoms with Gasteiger partial charge in [0.1, 0.15) is 6.54 Å². The van der Waals surface area contributed by atoms with Gasteiger partial charge in [0, 0.05) is 0 Å². The van der Waals surface area contributed by atoms with Crippen LogP contribution in [-0.2, 0) is 9.47 Å². The molecule has 8 nitrogen and oxygen atoms in total. The summed E-state index contributed by atoms with van der Waals surface area (Å²) in [7, 11) is 2.45. The molecule has 0 heterocycles. The summed E-state index contributed by atoms with van der Waals surface area (Å²) in [6.07, 6.45) is 0. The Kier molecular flexibility index (Phi) is 5.65. The van der Waals surface area contributed by atoms with Crippen molar-refractivity contribution in [2.75, 3.05) is 26.2 Å². The van der Waals surface area contributed by atoms with Crippen LogP contribution in [0.25, 0.3) is 0 Å². The Bertz CT molecular complexity index is 577. The van der Waals surface area contributed by atoms with Crippen molar-refractivity contribution in [1.82, 2.24) is 0 Å². The second-order valence-corrected chi connectivity index (χ2v) is 3.41. The molecule has 20 heavy (non-hydrogen) atoms. The number of methoxy groups -OCH3 is 2. The van der Waals surface area contributed by atoms with Gasteiger partial charge in [0.15, 0.2) is 0 Å². The second kappa shape index (κ2) is 7.48. The van der Waals surface area contributed by atoms with Gasteiger partial charge in [-0.15, -0.1) is 0 Å². The summed E-state index contributed by atoms with van der Waals surface area (Å²) in [4.78, 5) is 23.1. The van der Waals surface area contributed by atoms with Gasteiger partial charge in [0.25, 0.3) is 0 Å². The molecule has 8 heteroatoms. The molecule has 0 fully saturated rings. The van der Waals surface area contributed by atoms with E-state index in [1.807, 2.05) is 0 Å². The van der Waals surface area contributed by atoms with E-state index in [0.717, 1.165) is 0 Å². The SMILES string of the molecule is COC(=O)c1ccc(NN=NCC#N)c(C(=O)OC)c1. The fraction of sp³-hybridized carbons (Fsp3) is 0.250. The molecule has 0 saturated heterocycles. The first-order valence-corrected chi connectivity index (χ1v) is 5.44. The summed E-state index contributed by atoms with van der Waals surface area (Å²) in [6, 6.07) is 6.02. The van der Waals surface area contributed by atoms with Crippen molar-refractivity contribution in [1.29, 1.82) is 5.26 Å². The second-order valence-electron chi connectivity index (χ2n) is 3.41. The molecule has 1 aromatic carbocycles. The van der Waals surface area contributed by atoms with Crippen molar-refractivity contribution >= 4 is 17.6 Å². The van der Waals surface area contributed by atoms with E-state index >= 15 is 0 Å². The summed E-state index contributed by atoms with van der Waals surface area (Å²) in [6.45, 7) is -0.110. The highest BCUT2D eigenvalue weighted by Gasteiger charge is 2.15. The van der Waals surface area contributed by atoms with E-state index in [0.29, 0.717) is 5.69 Å². The van der Waals surface area contributed by atoms with Crippen molar-refractivity contribution in [2.45, 2.75) is 0 Å². The van der Waals surface area contributed by atoms with Crippen LogP contribution in [0.5, 0.6) is 0 Å². The highest BCUT2D eigenvalue weighted by Crippen LogP contribution is 2.19. The predicted octanol–water partition coefficient (Wildman–Crippen LogP) is 1.56. The Labute approximate surface area is 115 Å². The number of ether oxygens (including phenoxy) is 2. The van der Waals surface area contributed by atoms with E-state index in [-0.39, 0.29) is 17.7 Å². The van der Waals surface area contributed by atoms with Crippen molar-refractivity contribution in [3.63, 3.8) is 0 Å². The third-order valence-electron chi connectivity index (χ3n) is 2.23. The van der Waals surface area contributed by atoms with Gasteiger partial charge in [0.05, 0.1) is 37.1 Å². The minimum Gasteiger partial charge on any atom is -0.465 e. The fourth-order valence-electron chi connectivity index (χ4n) is 1.32. The number of benzene rings is 1. The molecule has 0 aliphatic rings. The molecule has 0 radical (unpaired) electrons. The van der Waals surface area contributed by atoms with Gasteiger partial charge in [-0.3, -0.25) is 5.43 Å². The smallest absolute Gasteiger partial charge is 0.340 e. The molecule has 104 valence electrons. The molecule has 0 amide bonds. The zero-order chi connectivity index (χ0) is 15.0. The van der Waals surface area contributed by atoms with Gasteiger partial charge in [-0.2, -0.15) is 10.4 Å². The fourth-order valence-corrected chi connectivity index (χ4v) is 1.32. The van der Waals surface area contributed by atoms with E-state index < -0.39 is 11.9 Å². The Balaban J connectivity index is 3.07. The summed E-state index contributed by atoms with van der Waals surface area (Å²) in [5.41, 5.74) is 3.10. The van der Waals surface area contributed by atoms with Crippen LogP contribution in [0.3, 0.4) is 0 Å². The van der Waals surface area contributed by atoms with Crippen LogP contribution in [0.4, 0.5) is 5.69 Å².